The smallest absolute Gasteiger partial charge is 0.217 e. The normalized spacial score (nSPS) is 18.9. The molecule has 0 bridgehead atoms. The number of carbonyl (C=O) groups is 1. The van der Waals surface area contributed by atoms with Crippen LogP contribution in [0.3, 0.4) is 0 Å². The molecule has 0 aromatic heterocycles. The zero-order chi connectivity index (χ0) is 13.7. The van der Waals surface area contributed by atoms with Crippen LogP contribution in [0.2, 0.25) is 0 Å². The summed E-state index contributed by atoms with van der Waals surface area (Å²) in [6.07, 6.45) is 5.26. The second-order valence-electron chi connectivity index (χ2n) is 4.49. The van der Waals surface area contributed by atoms with Crippen molar-refractivity contribution in [1.82, 2.24) is 4.90 Å². The molecule has 18 heavy (non-hydrogen) atoms. The first kappa shape index (κ1) is 16.5. The van der Waals surface area contributed by atoms with Gasteiger partial charge in [-0.25, -0.2) is 0 Å². The molecule has 0 radical (unpaired) electrons. The van der Waals surface area contributed by atoms with Crippen molar-refractivity contribution in [2.45, 2.75) is 52.9 Å². The highest BCUT2D eigenvalue weighted by Crippen LogP contribution is 2.39. The topological polar surface area (TPSA) is 20.3 Å². The minimum Gasteiger partial charge on any atom is -0.340 e. The Morgan fingerprint density at radius 2 is 1.83 bits per heavy atom. The van der Waals surface area contributed by atoms with Gasteiger partial charge in [-0.3, -0.25) is 4.79 Å². The predicted molar refractivity (Wildman–Crippen MR) is 93.9 cm³/mol. The molecule has 0 fully saturated rings. The van der Waals surface area contributed by atoms with E-state index in [1.165, 1.54) is 9.28 Å². The van der Waals surface area contributed by atoms with E-state index in [4.69, 9.17) is 0 Å². The van der Waals surface area contributed by atoms with Crippen molar-refractivity contribution in [3.05, 3.63) is 18.6 Å². The van der Waals surface area contributed by atoms with Gasteiger partial charge in [-0.2, -0.15) is 0 Å². The molecule has 2 nitrogen and oxygen atoms in total. The molecule has 1 aliphatic rings. The first-order valence-electron chi connectivity index (χ1n) is 6.67. The highest BCUT2D eigenvalue weighted by Gasteiger charge is 2.34. The fourth-order valence-electron chi connectivity index (χ4n) is 2.17. The van der Waals surface area contributed by atoms with Gasteiger partial charge in [0.1, 0.15) is 0 Å². The zero-order valence-corrected chi connectivity index (χ0v) is 15.7. The highest BCUT2D eigenvalue weighted by molar-refractivity contribution is 14.1. The molecular weight excluding hydrogens is 452 g/mol. The second kappa shape index (κ2) is 7.87. The second-order valence-corrected chi connectivity index (χ2v) is 6.88. The Morgan fingerprint density at radius 3 is 2.33 bits per heavy atom. The Kier molecular flexibility index (Phi) is 7.20. The molecule has 1 heterocycles. The number of carbonyl (C=O) groups excluding carboxylic acids is 1. The van der Waals surface area contributed by atoms with E-state index < -0.39 is 0 Å². The average Bonchev–Trinajstić information content (AvgIpc) is 2.56. The fraction of sp³-hybridized carbons (Fsp3) is 0.643. The third-order valence-electron chi connectivity index (χ3n) is 2.92. The van der Waals surface area contributed by atoms with E-state index in [0.29, 0.717) is 0 Å². The van der Waals surface area contributed by atoms with Crippen LogP contribution in [0.5, 0.6) is 0 Å². The van der Waals surface area contributed by atoms with Crippen LogP contribution >= 0.6 is 45.2 Å². The van der Waals surface area contributed by atoms with Crippen LogP contribution in [0.4, 0.5) is 0 Å². The molecule has 0 spiro atoms. The summed E-state index contributed by atoms with van der Waals surface area (Å²) in [5.41, 5.74) is 2.19. The molecule has 1 rings (SSSR count). The molecule has 0 amide bonds. The molecule has 1 aliphatic heterocycles. The zero-order valence-electron chi connectivity index (χ0n) is 11.4. The van der Waals surface area contributed by atoms with Crippen LogP contribution in [-0.2, 0) is 4.79 Å². The van der Waals surface area contributed by atoms with Crippen LogP contribution in [-0.4, -0.2) is 17.2 Å². The number of rotatable bonds is 6. The Morgan fingerprint density at radius 1 is 1.17 bits per heavy atom. The lowest BCUT2D eigenvalue weighted by molar-refractivity contribution is -0.111. The Hall–Kier alpha value is 0.410. The monoisotopic (exact) mass is 473 g/mol. The molecule has 0 saturated heterocycles. The predicted octanol–water partition coefficient (Wildman–Crippen LogP) is 5.17. The quantitative estimate of drug-likeness (QED) is 0.392. The summed E-state index contributed by atoms with van der Waals surface area (Å²) in [6, 6.07) is 0. The van der Waals surface area contributed by atoms with E-state index in [1.807, 2.05) is 0 Å². The van der Waals surface area contributed by atoms with Gasteiger partial charge in [-0.05, 0) is 64.4 Å². The van der Waals surface area contributed by atoms with Gasteiger partial charge in [0, 0.05) is 15.8 Å². The van der Waals surface area contributed by atoms with Gasteiger partial charge in [0.15, 0.2) is 0 Å². The lowest BCUT2D eigenvalue weighted by Crippen LogP contribution is -2.22. The summed E-state index contributed by atoms with van der Waals surface area (Å²) < 4.78 is 2.15. The summed E-state index contributed by atoms with van der Waals surface area (Å²) in [5, 5.41) is 0. The van der Waals surface area contributed by atoms with Crippen molar-refractivity contribution < 1.29 is 4.79 Å². The summed E-state index contributed by atoms with van der Waals surface area (Å²) in [5.74, 6) is 0.241. The largest absolute Gasteiger partial charge is 0.340 e. The van der Waals surface area contributed by atoms with E-state index in [0.717, 1.165) is 47.9 Å². The van der Waals surface area contributed by atoms with E-state index in [1.54, 1.807) is 0 Å². The molecule has 0 saturated carbocycles. The minimum atomic E-state index is 0.241. The first-order chi connectivity index (χ1) is 8.58. The van der Waals surface area contributed by atoms with Crippen molar-refractivity contribution in [2.24, 2.45) is 0 Å². The number of Topliss-reactive ketones (excluding diaryl/α,β-unsaturated/α-hetero) is 1. The summed E-state index contributed by atoms with van der Waals surface area (Å²) in [7, 11) is 0. The van der Waals surface area contributed by atoms with Crippen molar-refractivity contribution in [1.29, 1.82) is 0 Å². The lowest BCUT2D eigenvalue weighted by atomic mass is 10.2. The maximum Gasteiger partial charge on any atom is 0.217 e. The minimum absolute atomic E-state index is 0.241. The van der Waals surface area contributed by atoms with E-state index in [2.05, 4.69) is 70.9 Å². The SMILES string of the molecule is CCCC1=C(I)C(=O)/C(=C(\I)CCC)N1CCC. The summed E-state index contributed by atoms with van der Waals surface area (Å²) in [4.78, 5) is 14.7. The van der Waals surface area contributed by atoms with Crippen molar-refractivity contribution in [3.8, 4) is 0 Å². The first-order valence-corrected chi connectivity index (χ1v) is 8.83. The van der Waals surface area contributed by atoms with Crippen LogP contribution < -0.4 is 0 Å². The van der Waals surface area contributed by atoms with Gasteiger partial charge < -0.3 is 4.90 Å². The van der Waals surface area contributed by atoms with E-state index in [9.17, 15) is 4.79 Å². The molecule has 0 aromatic carbocycles. The van der Waals surface area contributed by atoms with Gasteiger partial charge in [0.25, 0.3) is 0 Å². The molecule has 0 atom stereocenters. The van der Waals surface area contributed by atoms with Crippen molar-refractivity contribution in [3.63, 3.8) is 0 Å². The molecule has 0 N–H and O–H groups in total. The fourth-order valence-corrected chi connectivity index (χ4v) is 4.06. The molecule has 0 aliphatic carbocycles. The Bertz CT molecular complexity index is 385. The van der Waals surface area contributed by atoms with Gasteiger partial charge in [-0.15, -0.1) is 0 Å². The van der Waals surface area contributed by atoms with Gasteiger partial charge >= 0.3 is 0 Å². The van der Waals surface area contributed by atoms with Crippen LogP contribution in [0.1, 0.15) is 52.9 Å². The lowest BCUT2D eigenvalue weighted by Gasteiger charge is -2.23. The molecule has 4 heteroatoms. The number of allylic oxidation sites excluding steroid dienone is 3. The van der Waals surface area contributed by atoms with Gasteiger partial charge in [-0.1, -0.05) is 33.6 Å². The third-order valence-corrected chi connectivity index (χ3v) is 5.09. The summed E-state index contributed by atoms with van der Waals surface area (Å²) >= 11 is 4.58. The van der Waals surface area contributed by atoms with Crippen molar-refractivity contribution >= 4 is 51.0 Å². The number of hydrogen-bond acceptors (Lipinski definition) is 2. The number of halogens is 2. The molecular formula is C14H21I2NO. The maximum absolute atomic E-state index is 12.4. The van der Waals surface area contributed by atoms with E-state index >= 15 is 0 Å². The number of nitrogens with zero attached hydrogens (tertiary/aromatic N) is 1. The third kappa shape index (κ3) is 3.49. The number of ketones is 1. The van der Waals surface area contributed by atoms with Crippen molar-refractivity contribution in [2.75, 3.05) is 6.54 Å². The molecule has 0 unspecified atom stereocenters. The average molecular weight is 473 g/mol. The maximum atomic E-state index is 12.4. The van der Waals surface area contributed by atoms with Gasteiger partial charge in [0.05, 0.1) is 9.28 Å². The highest BCUT2D eigenvalue weighted by atomic mass is 127. The molecule has 102 valence electrons. The Labute approximate surface area is 138 Å². The van der Waals surface area contributed by atoms with Gasteiger partial charge in [0.2, 0.25) is 5.78 Å². The Balaban J connectivity index is 3.15. The summed E-state index contributed by atoms with van der Waals surface area (Å²) in [6.45, 7) is 7.46. The van der Waals surface area contributed by atoms with Crippen LogP contribution in [0.25, 0.3) is 0 Å². The van der Waals surface area contributed by atoms with E-state index in [-0.39, 0.29) is 5.78 Å². The number of hydrogen-bond donors (Lipinski definition) is 0. The van der Waals surface area contributed by atoms with Crippen LogP contribution in [0.15, 0.2) is 18.6 Å². The van der Waals surface area contributed by atoms with Crippen LogP contribution in [0, 0.1) is 0 Å². The molecule has 0 aromatic rings. The standard InChI is InChI=1S/C14H21I2NO/c1-4-7-10(15)13-14(18)12(16)11(8-5-2)17(13)9-6-3/h4-9H2,1-3H3/b13-10+.